The predicted octanol–water partition coefficient (Wildman–Crippen LogP) is 5.03. The van der Waals surface area contributed by atoms with E-state index in [2.05, 4.69) is 57.3 Å². The standard InChI is InChI=1S/C20H29NO/c1-14(2)8-7-9-15(3)10-11-21-20(22)19-17(5)12-16(4)13-18(19)6/h8,10,12-13H,7,9,11H2,1-6H3,(H,21,22). The summed E-state index contributed by atoms with van der Waals surface area (Å²) in [6.45, 7) is 13.0. The van der Waals surface area contributed by atoms with E-state index in [9.17, 15) is 4.79 Å². The Morgan fingerprint density at radius 1 is 1.05 bits per heavy atom. The van der Waals surface area contributed by atoms with Gasteiger partial charge in [-0.15, -0.1) is 0 Å². The van der Waals surface area contributed by atoms with Gasteiger partial charge in [0.1, 0.15) is 0 Å². The summed E-state index contributed by atoms with van der Waals surface area (Å²) in [5.41, 5.74) is 6.75. The van der Waals surface area contributed by atoms with Crippen molar-refractivity contribution in [1.82, 2.24) is 5.32 Å². The topological polar surface area (TPSA) is 29.1 Å². The van der Waals surface area contributed by atoms with Crippen LogP contribution in [0, 0.1) is 20.8 Å². The first-order valence-electron chi connectivity index (χ1n) is 7.96. The Labute approximate surface area is 135 Å². The summed E-state index contributed by atoms with van der Waals surface area (Å²) < 4.78 is 0. The first-order valence-corrected chi connectivity index (χ1v) is 7.96. The predicted molar refractivity (Wildman–Crippen MR) is 95.4 cm³/mol. The third-order valence-electron chi connectivity index (χ3n) is 3.71. The van der Waals surface area contributed by atoms with Crippen LogP contribution in [0.4, 0.5) is 0 Å². The summed E-state index contributed by atoms with van der Waals surface area (Å²) in [5.74, 6) is 0.0170. The molecule has 0 unspecified atom stereocenters. The second-order valence-electron chi connectivity index (χ2n) is 6.35. The normalized spacial score (nSPS) is 11.3. The molecule has 2 nitrogen and oxygen atoms in total. The van der Waals surface area contributed by atoms with Gasteiger partial charge in [-0.25, -0.2) is 0 Å². The minimum Gasteiger partial charge on any atom is -0.349 e. The molecule has 22 heavy (non-hydrogen) atoms. The van der Waals surface area contributed by atoms with Crippen LogP contribution in [-0.4, -0.2) is 12.5 Å². The van der Waals surface area contributed by atoms with Crippen molar-refractivity contribution in [3.63, 3.8) is 0 Å². The SMILES string of the molecule is CC(C)=CCCC(C)=CCNC(=O)c1c(C)cc(C)cc1C. The van der Waals surface area contributed by atoms with Gasteiger partial charge in [-0.1, -0.05) is 41.0 Å². The largest absolute Gasteiger partial charge is 0.349 e. The fraction of sp³-hybridized carbons (Fsp3) is 0.450. The summed E-state index contributed by atoms with van der Waals surface area (Å²) in [7, 11) is 0. The number of amides is 1. The molecule has 0 radical (unpaired) electrons. The van der Waals surface area contributed by atoms with Crippen molar-refractivity contribution >= 4 is 5.91 Å². The van der Waals surface area contributed by atoms with Gasteiger partial charge >= 0.3 is 0 Å². The zero-order chi connectivity index (χ0) is 16.7. The maximum Gasteiger partial charge on any atom is 0.252 e. The second kappa shape index (κ2) is 8.57. The van der Waals surface area contributed by atoms with Crippen LogP contribution < -0.4 is 5.32 Å². The summed E-state index contributed by atoms with van der Waals surface area (Å²) in [6, 6.07) is 4.12. The van der Waals surface area contributed by atoms with Crippen molar-refractivity contribution in [3.8, 4) is 0 Å². The molecule has 1 amide bonds. The van der Waals surface area contributed by atoms with Crippen LogP contribution in [0.25, 0.3) is 0 Å². The molecule has 0 aliphatic heterocycles. The fourth-order valence-corrected chi connectivity index (χ4v) is 2.64. The molecule has 1 aromatic rings. The van der Waals surface area contributed by atoms with Gasteiger partial charge in [0, 0.05) is 12.1 Å². The monoisotopic (exact) mass is 299 g/mol. The molecule has 120 valence electrons. The first-order chi connectivity index (χ1) is 10.3. The molecule has 0 bridgehead atoms. The molecule has 0 saturated carbocycles. The van der Waals surface area contributed by atoms with Crippen LogP contribution in [0.1, 0.15) is 60.7 Å². The smallest absolute Gasteiger partial charge is 0.252 e. The van der Waals surface area contributed by atoms with Gasteiger partial charge < -0.3 is 5.32 Å². The highest BCUT2D eigenvalue weighted by molar-refractivity contribution is 5.97. The van der Waals surface area contributed by atoms with E-state index in [1.807, 2.05) is 13.8 Å². The molecule has 0 saturated heterocycles. The van der Waals surface area contributed by atoms with E-state index in [0.717, 1.165) is 29.5 Å². The highest BCUT2D eigenvalue weighted by Crippen LogP contribution is 2.16. The summed E-state index contributed by atoms with van der Waals surface area (Å²) in [4.78, 5) is 12.3. The number of benzene rings is 1. The van der Waals surface area contributed by atoms with E-state index in [-0.39, 0.29) is 5.91 Å². The van der Waals surface area contributed by atoms with Gasteiger partial charge in [-0.3, -0.25) is 4.79 Å². The Kier molecular flexibility index (Phi) is 7.10. The Morgan fingerprint density at radius 2 is 1.64 bits per heavy atom. The molecule has 1 aromatic carbocycles. The number of hydrogen-bond acceptors (Lipinski definition) is 1. The van der Waals surface area contributed by atoms with Crippen molar-refractivity contribution < 1.29 is 4.79 Å². The van der Waals surface area contributed by atoms with E-state index >= 15 is 0 Å². The van der Waals surface area contributed by atoms with Crippen molar-refractivity contribution in [2.45, 2.75) is 54.4 Å². The lowest BCUT2D eigenvalue weighted by Gasteiger charge is -2.11. The number of carbonyl (C=O) groups is 1. The molecule has 1 rings (SSSR count). The van der Waals surface area contributed by atoms with Crippen LogP contribution >= 0.6 is 0 Å². The van der Waals surface area contributed by atoms with Gasteiger partial charge in [0.2, 0.25) is 0 Å². The van der Waals surface area contributed by atoms with E-state index in [4.69, 9.17) is 0 Å². The second-order valence-corrected chi connectivity index (χ2v) is 6.35. The first kappa shape index (κ1) is 18.2. The maximum atomic E-state index is 12.3. The third kappa shape index (κ3) is 5.88. The number of hydrogen-bond donors (Lipinski definition) is 1. The molecule has 0 aliphatic carbocycles. The Balaban J connectivity index is 2.58. The highest BCUT2D eigenvalue weighted by Gasteiger charge is 2.11. The Hall–Kier alpha value is -1.83. The van der Waals surface area contributed by atoms with E-state index in [1.165, 1.54) is 16.7 Å². The van der Waals surface area contributed by atoms with Crippen molar-refractivity contribution in [2.75, 3.05) is 6.54 Å². The molecule has 0 spiro atoms. The minimum absolute atomic E-state index is 0.0170. The number of nitrogens with one attached hydrogen (secondary N) is 1. The molecule has 0 aliphatic rings. The lowest BCUT2D eigenvalue weighted by Crippen LogP contribution is -2.25. The third-order valence-corrected chi connectivity index (χ3v) is 3.71. The summed E-state index contributed by atoms with van der Waals surface area (Å²) in [5, 5.41) is 3.00. The number of allylic oxidation sites excluding steroid dienone is 3. The molecular weight excluding hydrogens is 270 g/mol. The lowest BCUT2D eigenvalue weighted by atomic mass is 9.99. The van der Waals surface area contributed by atoms with Crippen LogP contribution in [0.5, 0.6) is 0 Å². The summed E-state index contributed by atoms with van der Waals surface area (Å²) >= 11 is 0. The van der Waals surface area contributed by atoms with Crippen LogP contribution in [-0.2, 0) is 0 Å². The molecule has 1 N–H and O–H groups in total. The summed E-state index contributed by atoms with van der Waals surface area (Å²) in [6.07, 6.45) is 6.46. The number of carbonyl (C=O) groups excluding carboxylic acids is 1. The van der Waals surface area contributed by atoms with Gasteiger partial charge in [0.25, 0.3) is 5.91 Å². The minimum atomic E-state index is 0.0170. The molecule has 0 fully saturated rings. The van der Waals surface area contributed by atoms with Crippen LogP contribution in [0.2, 0.25) is 0 Å². The number of aryl methyl sites for hydroxylation is 3. The average molecular weight is 299 g/mol. The maximum absolute atomic E-state index is 12.3. The lowest BCUT2D eigenvalue weighted by molar-refractivity contribution is 0.0956. The quantitative estimate of drug-likeness (QED) is 0.733. The zero-order valence-corrected chi connectivity index (χ0v) is 14.8. The molecule has 0 aromatic heterocycles. The van der Waals surface area contributed by atoms with E-state index in [1.54, 1.807) is 0 Å². The van der Waals surface area contributed by atoms with Crippen molar-refractivity contribution in [3.05, 3.63) is 57.7 Å². The van der Waals surface area contributed by atoms with Gasteiger partial charge in [0.05, 0.1) is 0 Å². The van der Waals surface area contributed by atoms with Crippen LogP contribution in [0.15, 0.2) is 35.4 Å². The molecule has 0 atom stereocenters. The fourth-order valence-electron chi connectivity index (χ4n) is 2.64. The van der Waals surface area contributed by atoms with Crippen LogP contribution in [0.3, 0.4) is 0 Å². The highest BCUT2D eigenvalue weighted by atomic mass is 16.1. The molecule has 2 heteroatoms. The number of rotatable bonds is 6. The van der Waals surface area contributed by atoms with E-state index < -0.39 is 0 Å². The molecule has 0 heterocycles. The van der Waals surface area contributed by atoms with Gasteiger partial charge in [-0.05, 0) is 65.5 Å². The van der Waals surface area contributed by atoms with Crippen molar-refractivity contribution in [2.24, 2.45) is 0 Å². The molecular formula is C20H29NO. The zero-order valence-electron chi connectivity index (χ0n) is 14.8. The van der Waals surface area contributed by atoms with E-state index in [0.29, 0.717) is 6.54 Å². The Bertz CT molecular complexity index is 567. The Morgan fingerprint density at radius 3 is 2.18 bits per heavy atom. The van der Waals surface area contributed by atoms with Crippen molar-refractivity contribution in [1.29, 1.82) is 0 Å². The van der Waals surface area contributed by atoms with Gasteiger partial charge in [0.15, 0.2) is 0 Å². The van der Waals surface area contributed by atoms with Gasteiger partial charge in [-0.2, -0.15) is 0 Å². The average Bonchev–Trinajstić information content (AvgIpc) is 2.36.